The highest BCUT2D eigenvalue weighted by Crippen LogP contribution is 2.17. The van der Waals surface area contributed by atoms with E-state index < -0.39 is 11.8 Å². The minimum Gasteiger partial charge on any atom is -0.388 e. The first kappa shape index (κ1) is 24.0. The van der Waals surface area contributed by atoms with Crippen molar-refractivity contribution in [1.29, 1.82) is 5.41 Å². The molecule has 1 aliphatic rings. The summed E-state index contributed by atoms with van der Waals surface area (Å²) >= 11 is 0. The lowest BCUT2D eigenvalue weighted by atomic mass is 9.96. The van der Waals surface area contributed by atoms with Crippen LogP contribution in [0.3, 0.4) is 0 Å². The zero-order valence-electron chi connectivity index (χ0n) is 18.1. The van der Waals surface area contributed by atoms with Crippen LogP contribution < -0.4 is 10.6 Å². The summed E-state index contributed by atoms with van der Waals surface area (Å²) < 4.78 is 0. The molecule has 0 aromatic rings. The zero-order valence-corrected chi connectivity index (χ0v) is 18.1. The largest absolute Gasteiger partial charge is 0.388 e. The highest BCUT2D eigenvalue weighted by Gasteiger charge is 2.32. The van der Waals surface area contributed by atoms with Gasteiger partial charge in [0.1, 0.15) is 12.4 Å². The molecule has 3 N–H and O–H groups in total. The van der Waals surface area contributed by atoms with Crippen molar-refractivity contribution in [3.63, 3.8) is 0 Å². The third-order valence-electron chi connectivity index (χ3n) is 3.78. The average Bonchev–Trinajstić information content (AvgIpc) is 2.63. The summed E-state index contributed by atoms with van der Waals surface area (Å²) in [6.45, 7) is 11.2. The highest BCUT2D eigenvalue weighted by molar-refractivity contribution is 6.54. The number of aliphatic imine (C=N–C) groups is 1. The number of hydrogen-bond donors (Lipinski definition) is 3. The number of rotatable bonds is 9. The normalized spacial score (nSPS) is 17.2. The van der Waals surface area contributed by atoms with Crippen molar-refractivity contribution in [2.45, 2.75) is 54.0 Å². The Morgan fingerprint density at radius 2 is 2.00 bits per heavy atom. The van der Waals surface area contributed by atoms with Gasteiger partial charge in [0.15, 0.2) is 0 Å². The topological polar surface area (TPSA) is 110 Å². The number of amides is 2. The number of carbonyl (C=O) groups is 2. The van der Waals surface area contributed by atoms with Gasteiger partial charge < -0.3 is 10.6 Å². The van der Waals surface area contributed by atoms with Crippen LogP contribution in [0, 0.1) is 11.3 Å². The average molecular weight is 401 g/mol. The molecule has 0 aliphatic carbocycles. The highest BCUT2D eigenvalue weighted by atomic mass is 16.2. The van der Waals surface area contributed by atoms with Crippen LogP contribution in [-0.4, -0.2) is 47.0 Å². The minimum absolute atomic E-state index is 0.0652. The second-order valence-corrected chi connectivity index (χ2v) is 7.11. The third-order valence-corrected chi connectivity index (χ3v) is 3.78. The molecular weight excluding hydrogens is 368 g/mol. The Bertz CT molecular complexity index is 772. The molecule has 0 spiro atoms. The van der Waals surface area contributed by atoms with E-state index in [1.807, 2.05) is 47.6 Å². The van der Waals surface area contributed by atoms with Gasteiger partial charge in [-0.2, -0.15) is 5.10 Å². The lowest BCUT2D eigenvalue weighted by Gasteiger charge is -2.27. The maximum atomic E-state index is 12.8. The summed E-state index contributed by atoms with van der Waals surface area (Å²) in [5.41, 5.74) is 0.739. The first-order valence-electron chi connectivity index (χ1n) is 9.82. The summed E-state index contributed by atoms with van der Waals surface area (Å²) in [6.07, 6.45) is 9.19. The van der Waals surface area contributed by atoms with Crippen LogP contribution >= 0.6 is 0 Å². The molecule has 0 radical (unpaired) electrons. The fourth-order valence-corrected chi connectivity index (χ4v) is 2.36. The quantitative estimate of drug-likeness (QED) is 0.409. The van der Waals surface area contributed by atoms with E-state index in [0.29, 0.717) is 18.0 Å². The first-order chi connectivity index (χ1) is 13.7. The molecular formula is C21H32N6O2. The van der Waals surface area contributed by atoms with Crippen molar-refractivity contribution in [3.8, 4) is 0 Å². The molecule has 1 rings (SSSR count). The predicted octanol–water partition coefficient (Wildman–Crippen LogP) is 2.76. The van der Waals surface area contributed by atoms with Gasteiger partial charge in [-0.15, -0.1) is 0 Å². The Labute approximate surface area is 173 Å². The first-order valence-corrected chi connectivity index (χ1v) is 9.82. The van der Waals surface area contributed by atoms with Crippen LogP contribution in [0.2, 0.25) is 0 Å². The van der Waals surface area contributed by atoms with Crippen molar-refractivity contribution in [2.75, 3.05) is 6.54 Å². The van der Waals surface area contributed by atoms with Gasteiger partial charge in [0.25, 0.3) is 5.91 Å². The predicted molar refractivity (Wildman–Crippen MR) is 118 cm³/mol. The van der Waals surface area contributed by atoms with E-state index in [-0.39, 0.29) is 29.8 Å². The standard InChI is InChI=1S/C21H32N6O2/c1-7-9-11-23-17(10-8-2)25-18(28)13-27-21(29)16(12-24-15(5)6)19(22)20(26-27)14(3)4/h7,9-12,14-15,22,24H,8,13H2,1-6H3,(H,25,28)/b9-7-,16-12+,17-10-,22-19?,23-11-. The van der Waals surface area contributed by atoms with Crippen molar-refractivity contribution in [1.82, 2.24) is 15.6 Å². The molecule has 8 heteroatoms. The molecule has 1 heterocycles. The van der Waals surface area contributed by atoms with Crippen LogP contribution in [0.1, 0.15) is 48.0 Å². The second kappa shape index (κ2) is 11.7. The maximum absolute atomic E-state index is 12.8. The molecule has 0 aromatic carbocycles. The molecule has 0 unspecified atom stereocenters. The van der Waals surface area contributed by atoms with Gasteiger partial charge in [0.05, 0.1) is 17.0 Å². The Morgan fingerprint density at radius 1 is 1.31 bits per heavy atom. The van der Waals surface area contributed by atoms with Crippen LogP contribution in [0.15, 0.2) is 45.9 Å². The van der Waals surface area contributed by atoms with Crippen LogP contribution in [0.5, 0.6) is 0 Å². The Balaban J connectivity index is 3.06. The number of allylic oxidation sites excluding steroid dienone is 3. The van der Waals surface area contributed by atoms with E-state index in [9.17, 15) is 9.59 Å². The van der Waals surface area contributed by atoms with Crippen molar-refractivity contribution in [2.24, 2.45) is 16.0 Å². The number of nitrogens with one attached hydrogen (secondary N) is 3. The summed E-state index contributed by atoms with van der Waals surface area (Å²) in [6, 6.07) is 0.109. The zero-order chi connectivity index (χ0) is 22.0. The molecule has 29 heavy (non-hydrogen) atoms. The maximum Gasteiger partial charge on any atom is 0.278 e. The smallest absolute Gasteiger partial charge is 0.278 e. The fourth-order valence-electron chi connectivity index (χ4n) is 2.36. The summed E-state index contributed by atoms with van der Waals surface area (Å²) in [4.78, 5) is 29.5. The van der Waals surface area contributed by atoms with Gasteiger partial charge >= 0.3 is 0 Å². The minimum atomic E-state index is -0.485. The molecule has 2 amide bonds. The Kier molecular flexibility index (Phi) is 9.71. The van der Waals surface area contributed by atoms with Crippen LogP contribution in [0.25, 0.3) is 0 Å². The molecule has 0 saturated heterocycles. The van der Waals surface area contributed by atoms with Gasteiger partial charge in [-0.05, 0) is 45.3 Å². The number of hydrogen-bond acceptors (Lipinski definition) is 6. The molecule has 0 fully saturated rings. The third kappa shape index (κ3) is 7.48. The van der Waals surface area contributed by atoms with Gasteiger partial charge in [0.2, 0.25) is 5.91 Å². The van der Waals surface area contributed by atoms with Gasteiger partial charge in [-0.25, -0.2) is 10.0 Å². The van der Waals surface area contributed by atoms with E-state index in [0.717, 1.165) is 5.01 Å². The second-order valence-electron chi connectivity index (χ2n) is 7.11. The van der Waals surface area contributed by atoms with Crippen LogP contribution in [-0.2, 0) is 9.59 Å². The lowest BCUT2D eigenvalue weighted by molar-refractivity contribution is -0.132. The molecule has 0 aromatic heterocycles. The van der Waals surface area contributed by atoms with Crippen molar-refractivity contribution < 1.29 is 9.59 Å². The SMILES string of the molecule is C\C=C/C=N\C(=C\CC)NC(=O)CN1N=C(C(C)C)C(=N)/C(=C\NC(C)C)C1=O. The molecule has 0 atom stereocenters. The Morgan fingerprint density at radius 3 is 2.55 bits per heavy atom. The fraction of sp³-hybridized carbons (Fsp3) is 0.476. The van der Waals surface area contributed by atoms with E-state index in [1.165, 1.54) is 6.20 Å². The molecule has 0 bridgehead atoms. The van der Waals surface area contributed by atoms with E-state index >= 15 is 0 Å². The van der Waals surface area contributed by atoms with E-state index in [4.69, 9.17) is 5.41 Å². The lowest BCUT2D eigenvalue weighted by Crippen LogP contribution is -2.45. The number of carbonyl (C=O) groups excluding carboxylic acids is 2. The monoisotopic (exact) mass is 400 g/mol. The Hall–Kier alpha value is -3.03. The summed E-state index contributed by atoms with van der Waals surface area (Å²) in [7, 11) is 0. The molecule has 0 saturated carbocycles. The van der Waals surface area contributed by atoms with Gasteiger partial charge in [0, 0.05) is 18.5 Å². The number of nitrogens with zero attached hydrogens (tertiary/aromatic N) is 3. The van der Waals surface area contributed by atoms with Crippen molar-refractivity contribution in [3.05, 3.63) is 35.8 Å². The number of hydrazone groups is 1. The summed E-state index contributed by atoms with van der Waals surface area (Å²) in [5, 5.41) is 19.4. The van der Waals surface area contributed by atoms with Gasteiger partial charge in [-0.1, -0.05) is 26.8 Å². The van der Waals surface area contributed by atoms with Crippen LogP contribution in [0.4, 0.5) is 0 Å². The summed E-state index contributed by atoms with van der Waals surface area (Å²) in [5.74, 6) is -0.545. The van der Waals surface area contributed by atoms with E-state index in [2.05, 4.69) is 20.7 Å². The van der Waals surface area contributed by atoms with Crippen molar-refractivity contribution >= 4 is 29.5 Å². The molecule has 158 valence electrons. The molecule has 1 aliphatic heterocycles. The van der Waals surface area contributed by atoms with Gasteiger partial charge in [-0.3, -0.25) is 15.0 Å². The van der Waals surface area contributed by atoms with E-state index in [1.54, 1.807) is 18.4 Å². The molecule has 8 nitrogen and oxygen atoms in total.